The second-order valence-electron chi connectivity index (χ2n) is 7.06. The van der Waals surface area contributed by atoms with Crippen LogP contribution in [0.25, 0.3) is 21.5 Å². The van der Waals surface area contributed by atoms with Crippen LogP contribution in [0.2, 0.25) is 0 Å². The third kappa shape index (κ3) is 5.50. The third-order valence-electron chi connectivity index (χ3n) is 4.80. The number of benzene rings is 2. The molecule has 0 fully saturated rings. The van der Waals surface area contributed by atoms with Crippen molar-refractivity contribution in [2.24, 2.45) is 5.14 Å². The Morgan fingerprint density at radius 2 is 1.94 bits per heavy atom. The summed E-state index contributed by atoms with van der Waals surface area (Å²) in [4.78, 5) is 0.133. The third-order valence-corrected chi connectivity index (χ3v) is 6.63. The van der Waals surface area contributed by atoms with E-state index in [0.717, 1.165) is 58.8 Å². The van der Waals surface area contributed by atoms with Gasteiger partial charge in [-0.1, -0.05) is 29.4 Å². The summed E-state index contributed by atoms with van der Waals surface area (Å²) in [6.07, 6.45) is 1.68. The Bertz CT molecular complexity index is 1250. The monoisotopic (exact) mass is 457 g/mol. The van der Waals surface area contributed by atoms with Crippen molar-refractivity contribution in [2.75, 3.05) is 19.7 Å². The summed E-state index contributed by atoms with van der Waals surface area (Å²) >= 11 is 1.61. The van der Waals surface area contributed by atoms with E-state index in [9.17, 15) is 8.42 Å². The Morgan fingerprint density at radius 3 is 2.74 bits per heavy atom. The Hall–Kier alpha value is -2.72. The summed E-state index contributed by atoms with van der Waals surface area (Å²) in [6.45, 7) is 2.23. The van der Waals surface area contributed by atoms with E-state index < -0.39 is 10.0 Å². The van der Waals surface area contributed by atoms with E-state index >= 15 is 0 Å². The average Bonchev–Trinajstić information content (AvgIpc) is 3.37. The van der Waals surface area contributed by atoms with E-state index in [2.05, 4.69) is 10.5 Å². The van der Waals surface area contributed by atoms with Crippen LogP contribution in [0.3, 0.4) is 0 Å². The lowest BCUT2D eigenvalue weighted by molar-refractivity contribution is 0.308. The fraction of sp³-hybridized carbons (Fsp3) is 0.227. The number of aromatic nitrogens is 1. The number of fused-ring (bicyclic) bond motifs is 1. The maximum atomic E-state index is 11.3. The van der Waals surface area contributed by atoms with Gasteiger partial charge >= 0.3 is 0 Å². The molecule has 0 saturated heterocycles. The van der Waals surface area contributed by atoms with Gasteiger partial charge in [-0.3, -0.25) is 0 Å². The molecule has 0 unspecified atom stereocenters. The van der Waals surface area contributed by atoms with Gasteiger partial charge in [-0.05, 0) is 67.2 Å². The lowest BCUT2D eigenvalue weighted by Gasteiger charge is -2.08. The standard InChI is InChI=1S/C22H23N3O4S2/c23-31(26,27)19-7-5-16(6-8-19)9-12-24-11-2-13-28-18-4-1-3-17(15-18)21-22-20(29-25-21)10-14-30-22/h1,3-8,10,14-15,24H,2,9,11-13H2,(H2,23,26,27). The lowest BCUT2D eigenvalue weighted by atomic mass is 10.1. The van der Waals surface area contributed by atoms with E-state index in [-0.39, 0.29) is 4.90 Å². The topological polar surface area (TPSA) is 107 Å². The van der Waals surface area contributed by atoms with Crippen molar-refractivity contribution in [1.82, 2.24) is 10.5 Å². The van der Waals surface area contributed by atoms with Crippen LogP contribution in [0.4, 0.5) is 0 Å². The number of nitrogens with zero attached hydrogens (tertiary/aromatic N) is 1. The quantitative estimate of drug-likeness (QED) is 0.351. The normalized spacial score (nSPS) is 11.8. The molecule has 4 rings (SSSR count). The number of thiophene rings is 1. The summed E-state index contributed by atoms with van der Waals surface area (Å²) in [7, 11) is -3.64. The molecule has 0 radical (unpaired) electrons. The van der Waals surface area contributed by atoms with E-state index in [1.165, 1.54) is 12.1 Å². The van der Waals surface area contributed by atoms with Crippen molar-refractivity contribution in [3.63, 3.8) is 0 Å². The molecule has 9 heteroatoms. The fourth-order valence-electron chi connectivity index (χ4n) is 3.19. The Labute approximate surface area is 184 Å². The molecular formula is C22H23N3O4S2. The second-order valence-corrected chi connectivity index (χ2v) is 9.54. The summed E-state index contributed by atoms with van der Waals surface area (Å²) in [5.41, 5.74) is 3.68. The predicted molar refractivity (Wildman–Crippen MR) is 122 cm³/mol. The molecule has 0 spiro atoms. The molecule has 0 saturated carbocycles. The van der Waals surface area contributed by atoms with Crippen molar-refractivity contribution in [1.29, 1.82) is 0 Å². The smallest absolute Gasteiger partial charge is 0.238 e. The van der Waals surface area contributed by atoms with Crippen LogP contribution in [-0.4, -0.2) is 33.3 Å². The summed E-state index contributed by atoms with van der Waals surface area (Å²) in [5.74, 6) is 0.806. The number of sulfonamides is 1. The van der Waals surface area contributed by atoms with Crippen LogP contribution in [0.5, 0.6) is 5.75 Å². The molecular weight excluding hydrogens is 434 g/mol. The number of hydrogen-bond donors (Lipinski definition) is 2. The van der Waals surface area contributed by atoms with Crippen LogP contribution < -0.4 is 15.2 Å². The second kappa shape index (κ2) is 9.61. The molecule has 7 nitrogen and oxygen atoms in total. The van der Waals surface area contributed by atoms with Crippen molar-refractivity contribution in [3.05, 3.63) is 65.5 Å². The molecule has 2 heterocycles. The number of primary sulfonamides is 1. The molecule has 0 amide bonds. The zero-order valence-electron chi connectivity index (χ0n) is 16.8. The molecule has 0 aliphatic carbocycles. The summed E-state index contributed by atoms with van der Waals surface area (Å²) < 4.78 is 34.8. The molecule has 3 N–H and O–H groups in total. The SMILES string of the molecule is NS(=O)(=O)c1ccc(CCNCCCOc2cccc(-c3noc4ccsc34)c2)cc1. The van der Waals surface area contributed by atoms with Crippen molar-refractivity contribution < 1.29 is 17.7 Å². The zero-order valence-corrected chi connectivity index (χ0v) is 18.4. The van der Waals surface area contributed by atoms with Gasteiger partial charge < -0.3 is 14.6 Å². The first-order valence-corrected chi connectivity index (χ1v) is 12.3. The van der Waals surface area contributed by atoms with Gasteiger partial charge in [0.1, 0.15) is 16.1 Å². The van der Waals surface area contributed by atoms with E-state index in [1.807, 2.05) is 35.7 Å². The highest BCUT2D eigenvalue weighted by Crippen LogP contribution is 2.33. The maximum absolute atomic E-state index is 11.3. The van der Waals surface area contributed by atoms with Crippen LogP contribution in [0.1, 0.15) is 12.0 Å². The Morgan fingerprint density at radius 1 is 1.10 bits per heavy atom. The first-order valence-electron chi connectivity index (χ1n) is 9.89. The van der Waals surface area contributed by atoms with E-state index in [1.54, 1.807) is 23.5 Å². The van der Waals surface area contributed by atoms with Gasteiger partial charge in [-0.25, -0.2) is 13.6 Å². The maximum Gasteiger partial charge on any atom is 0.238 e. The molecule has 4 aromatic rings. The van der Waals surface area contributed by atoms with Gasteiger partial charge in [-0.2, -0.15) is 0 Å². The highest BCUT2D eigenvalue weighted by Gasteiger charge is 2.12. The first-order chi connectivity index (χ1) is 15.0. The fourth-order valence-corrected chi connectivity index (χ4v) is 4.52. The minimum absolute atomic E-state index is 0.133. The van der Waals surface area contributed by atoms with Gasteiger partial charge in [0, 0.05) is 5.56 Å². The molecule has 2 aromatic heterocycles. The zero-order chi connectivity index (χ0) is 21.7. The van der Waals surface area contributed by atoms with Gasteiger partial charge in [0.2, 0.25) is 10.0 Å². The molecule has 0 aliphatic heterocycles. The van der Waals surface area contributed by atoms with Crippen LogP contribution >= 0.6 is 11.3 Å². The van der Waals surface area contributed by atoms with Crippen molar-refractivity contribution >= 4 is 31.6 Å². The minimum Gasteiger partial charge on any atom is -0.494 e. The van der Waals surface area contributed by atoms with Crippen LogP contribution in [-0.2, 0) is 16.4 Å². The highest BCUT2D eigenvalue weighted by molar-refractivity contribution is 7.89. The van der Waals surface area contributed by atoms with Gasteiger partial charge in [0.15, 0.2) is 5.58 Å². The van der Waals surface area contributed by atoms with Crippen molar-refractivity contribution in [3.8, 4) is 17.0 Å². The van der Waals surface area contributed by atoms with Gasteiger partial charge in [-0.15, -0.1) is 11.3 Å². The molecule has 162 valence electrons. The van der Waals surface area contributed by atoms with E-state index in [4.69, 9.17) is 14.4 Å². The number of nitrogens with two attached hydrogens (primary N) is 1. The van der Waals surface area contributed by atoms with Gasteiger partial charge in [0.25, 0.3) is 0 Å². The lowest BCUT2D eigenvalue weighted by Crippen LogP contribution is -2.20. The largest absolute Gasteiger partial charge is 0.494 e. The minimum atomic E-state index is -3.64. The number of rotatable bonds is 10. The molecule has 0 bridgehead atoms. The molecule has 2 aromatic carbocycles. The Kier molecular flexibility index (Phi) is 6.67. The van der Waals surface area contributed by atoms with Crippen molar-refractivity contribution in [2.45, 2.75) is 17.7 Å². The number of ether oxygens (including phenoxy) is 1. The highest BCUT2D eigenvalue weighted by atomic mass is 32.2. The predicted octanol–water partition coefficient (Wildman–Crippen LogP) is 3.80. The Balaban J connectivity index is 1.18. The summed E-state index contributed by atoms with van der Waals surface area (Å²) in [5, 5.41) is 14.6. The molecule has 0 aliphatic rings. The molecule has 0 atom stereocenters. The number of hydrogen-bond acceptors (Lipinski definition) is 7. The number of nitrogens with one attached hydrogen (secondary N) is 1. The van der Waals surface area contributed by atoms with Crippen LogP contribution in [0.15, 0.2) is 69.4 Å². The summed E-state index contributed by atoms with van der Waals surface area (Å²) in [6, 6.07) is 16.4. The first kappa shape index (κ1) is 21.5. The van der Waals surface area contributed by atoms with E-state index in [0.29, 0.717) is 6.61 Å². The van der Waals surface area contributed by atoms with Gasteiger partial charge in [0.05, 0.1) is 11.5 Å². The molecule has 31 heavy (non-hydrogen) atoms. The average molecular weight is 458 g/mol. The van der Waals surface area contributed by atoms with Crippen LogP contribution in [0, 0.1) is 0 Å².